The van der Waals surface area contributed by atoms with Gasteiger partial charge in [0, 0.05) is 11.1 Å². The van der Waals surface area contributed by atoms with Crippen LogP contribution < -0.4 is 0 Å². The first kappa shape index (κ1) is 24.6. The minimum Gasteiger partial charge on any atom is -0.206 e. The van der Waals surface area contributed by atoms with E-state index in [0.717, 1.165) is 30.5 Å². The molecule has 3 aromatic carbocycles. The van der Waals surface area contributed by atoms with Crippen LogP contribution in [0.15, 0.2) is 60.7 Å². The molecule has 0 saturated heterocycles. The number of aryl methyl sites for hydroxylation is 3. The van der Waals surface area contributed by atoms with Crippen molar-refractivity contribution in [1.29, 1.82) is 0 Å². The second kappa shape index (κ2) is 10.2. The molecule has 7 heteroatoms. The number of halogens is 7. The zero-order valence-electron chi connectivity index (χ0n) is 17.7. The molecule has 0 amide bonds. The number of hydrogen-bond donors (Lipinski definition) is 0. The predicted molar refractivity (Wildman–Crippen MR) is 115 cm³/mol. The van der Waals surface area contributed by atoms with E-state index in [-0.39, 0.29) is 24.0 Å². The average Bonchev–Trinajstić information content (AvgIpc) is 2.74. The largest absolute Gasteiger partial charge is 0.412 e. The minimum absolute atomic E-state index is 0.0259. The van der Waals surface area contributed by atoms with Gasteiger partial charge in [-0.05, 0) is 53.6 Å². The monoisotopic (exact) mass is 466 g/mol. The van der Waals surface area contributed by atoms with Gasteiger partial charge in [0.25, 0.3) is 0 Å². The molecular weight excluding hydrogens is 445 g/mol. The van der Waals surface area contributed by atoms with Crippen LogP contribution in [0.2, 0.25) is 0 Å². The van der Waals surface area contributed by atoms with Gasteiger partial charge in [0.2, 0.25) is 0 Å². The van der Waals surface area contributed by atoms with E-state index < -0.39 is 41.1 Å². The zero-order valence-corrected chi connectivity index (χ0v) is 17.7. The van der Waals surface area contributed by atoms with Gasteiger partial charge in [0.05, 0.1) is 6.08 Å². The molecule has 0 bridgehead atoms. The highest BCUT2D eigenvalue weighted by Crippen LogP contribution is 2.29. The van der Waals surface area contributed by atoms with Gasteiger partial charge < -0.3 is 0 Å². The lowest BCUT2D eigenvalue weighted by atomic mass is 9.97. The summed E-state index contributed by atoms with van der Waals surface area (Å²) in [6, 6.07) is 13.2. The van der Waals surface area contributed by atoms with Gasteiger partial charge in [0.15, 0.2) is 11.6 Å². The van der Waals surface area contributed by atoms with Crippen molar-refractivity contribution < 1.29 is 30.7 Å². The summed E-state index contributed by atoms with van der Waals surface area (Å²) in [6.45, 7) is 2.05. The number of benzene rings is 3. The number of rotatable bonds is 7. The molecule has 0 N–H and O–H groups in total. The van der Waals surface area contributed by atoms with Crippen LogP contribution in [0, 0.1) is 17.5 Å². The van der Waals surface area contributed by atoms with E-state index in [1.54, 1.807) is 12.1 Å². The van der Waals surface area contributed by atoms with E-state index in [9.17, 15) is 30.7 Å². The molecule has 0 aliphatic heterocycles. The smallest absolute Gasteiger partial charge is 0.206 e. The van der Waals surface area contributed by atoms with E-state index in [2.05, 4.69) is 0 Å². The Morgan fingerprint density at radius 3 is 2.06 bits per heavy atom. The Morgan fingerprint density at radius 2 is 1.45 bits per heavy atom. The molecule has 0 radical (unpaired) electrons. The van der Waals surface area contributed by atoms with Gasteiger partial charge in [-0.25, -0.2) is 17.6 Å². The van der Waals surface area contributed by atoms with Crippen LogP contribution in [0.25, 0.3) is 17.0 Å². The first-order valence-electron chi connectivity index (χ1n) is 10.4. The normalized spacial score (nSPS) is 12.3. The minimum atomic E-state index is -4.92. The summed E-state index contributed by atoms with van der Waals surface area (Å²) in [6.07, 6.45) is -3.56. The fourth-order valence-corrected chi connectivity index (χ4v) is 3.55. The third-order valence-electron chi connectivity index (χ3n) is 5.23. The average molecular weight is 466 g/mol. The number of hydrogen-bond acceptors (Lipinski definition) is 0. The zero-order chi connectivity index (χ0) is 24.2. The Hall–Kier alpha value is -3.09. The van der Waals surface area contributed by atoms with Crippen LogP contribution in [-0.4, -0.2) is 6.18 Å². The SMILES string of the molecule is CCCc1ccc(-c2ccc(CCc3ccc(/C(F)=C/C(F)(F)F)c(F)c3)c(F)c2F)cc1. The van der Waals surface area contributed by atoms with E-state index in [0.29, 0.717) is 11.1 Å². The maximum atomic E-state index is 14.7. The Bertz CT molecular complexity index is 1140. The standard InChI is InChI=1S/C26H21F7/c1-2-3-16-4-8-18(9-5-16)20-13-11-19(24(29)25(20)30)10-6-17-7-12-21(22(27)14-17)23(28)15-26(31,32)33/h4-5,7-9,11-15H,2-3,6,10H2,1H3/b23-15-. The van der Waals surface area contributed by atoms with Crippen molar-refractivity contribution in [1.82, 2.24) is 0 Å². The topological polar surface area (TPSA) is 0 Å². The summed E-state index contributed by atoms with van der Waals surface area (Å²) in [4.78, 5) is 0. The summed E-state index contributed by atoms with van der Waals surface area (Å²) in [5.41, 5.74) is 1.34. The molecule has 0 atom stereocenters. The van der Waals surface area contributed by atoms with Crippen molar-refractivity contribution in [3.63, 3.8) is 0 Å². The van der Waals surface area contributed by atoms with E-state index in [1.807, 2.05) is 19.1 Å². The lowest BCUT2D eigenvalue weighted by Crippen LogP contribution is -2.03. The predicted octanol–water partition coefficient (Wildman–Crippen LogP) is 8.38. The van der Waals surface area contributed by atoms with Crippen molar-refractivity contribution in [2.45, 2.75) is 38.8 Å². The van der Waals surface area contributed by atoms with E-state index in [4.69, 9.17) is 0 Å². The van der Waals surface area contributed by atoms with Crippen LogP contribution in [0.1, 0.15) is 35.6 Å². The molecule has 33 heavy (non-hydrogen) atoms. The van der Waals surface area contributed by atoms with Crippen LogP contribution in [-0.2, 0) is 19.3 Å². The first-order valence-corrected chi connectivity index (χ1v) is 10.4. The quantitative estimate of drug-likeness (QED) is 0.307. The third-order valence-corrected chi connectivity index (χ3v) is 5.23. The summed E-state index contributed by atoms with van der Waals surface area (Å²) in [5, 5.41) is 0. The van der Waals surface area contributed by atoms with Crippen LogP contribution in [0.4, 0.5) is 30.7 Å². The van der Waals surface area contributed by atoms with Crippen LogP contribution in [0.5, 0.6) is 0 Å². The molecule has 0 fully saturated rings. The highest BCUT2D eigenvalue weighted by Gasteiger charge is 2.26. The molecule has 174 valence electrons. The molecule has 3 rings (SSSR count). The highest BCUT2D eigenvalue weighted by molar-refractivity contribution is 5.65. The summed E-state index contributed by atoms with van der Waals surface area (Å²) < 4.78 is 93.8. The van der Waals surface area contributed by atoms with Gasteiger partial charge in [-0.2, -0.15) is 13.2 Å². The summed E-state index contributed by atoms with van der Waals surface area (Å²) >= 11 is 0. The summed E-state index contributed by atoms with van der Waals surface area (Å²) in [7, 11) is 0. The van der Waals surface area contributed by atoms with Crippen molar-refractivity contribution in [3.05, 3.63) is 100 Å². The molecular formula is C26H21F7. The van der Waals surface area contributed by atoms with Gasteiger partial charge in [-0.15, -0.1) is 0 Å². The maximum Gasteiger partial charge on any atom is 0.412 e. The Balaban J connectivity index is 1.75. The summed E-state index contributed by atoms with van der Waals surface area (Å²) in [5.74, 6) is -4.91. The first-order chi connectivity index (χ1) is 15.6. The molecule has 0 aliphatic carbocycles. The van der Waals surface area contributed by atoms with E-state index >= 15 is 0 Å². The van der Waals surface area contributed by atoms with Crippen molar-refractivity contribution in [3.8, 4) is 11.1 Å². The number of alkyl halides is 3. The molecule has 0 aromatic heterocycles. The molecule has 0 heterocycles. The van der Waals surface area contributed by atoms with Gasteiger partial charge >= 0.3 is 6.18 Å². The molecule has 3 aromatic rings. The molecule has 0 nitrogen and oxygen atoms in total. The maximum absolute atomic E-state index is 14.7. The molecule has 0 aliphatic rings. The van der Waals surface area contributed by atoms with Gasteiger partial charge in [-0.3, -0.25) is 0 Å². The lowest BCUT2D eigenvalue weighted by Gasteiger charge is -2.10. The molecule has 0 spiro atoms. The Labute approximate surface area is 187 Å². The fraction of sp³-hybridized carbons (Fsp3) is 0.231. The number of allylic oxidation sites excluding steroid dienone is 1. The van der Waals surface area contributed by atoms with Crippen LogP contribution >= 0.6 is 0 Å². The second-order valence-electron chi connectivity index (χ2n) is 7.70. The highest BCUT2D eigenvalue weighted by atomic mass is 19.4. The van der Waals surface area contributed by atoms with Gasteiger partial charge in [-0.1, -0.05) is 55.8 Å². The Kier molecular flexibility index (Phi) is 7.61. The third kappa shape index (κ3) is 6.24. The second-order valence-corrected chi connectivity index (χ2v) is 7.70. The van der Waals surface area contributed by atoms with Crippen molar-refractivity contribution >= 4 is 5.83 Å². The van der Waals surface area contributed by atoms with Crippen molar-refractivity contribution in [2.24, 2.45) is 0 Å². The van der Waals surface area contributed by atoms with Gasteiger partial charge in [0.1, 0.15) is 11.6 Å². The van der Waals surface area contributed by atoms with E-state index in [1.165, 1.54) is 18.2 Å². The van der Waals surface area contributed by atoms with Crippen molar-refractivity contribution in [2.75, 3.05) is 0 Å². The Morgan fingerprint density at radius 1 is 0.788 bits per heavy atom. The fourth-order valence-electron chi connectivity index (χ4n) is 3.55. The molecule has 0 unspecified atom stereocenters. The lowest BCUT2D eigenvalue weighted by molar-refractivity contribution is -0.0798. The van der Waals surface area contributed by atoms with Crippen LogP contribution in [0.3, 0.4) is 0 Å². The molecule has 0 saturated carbocycles.